The lowest BCUT2D eigenvalue weighted by Gasteiger charge is -2.32. The summed E-state index contributed by atoms with van der Waals surface area (Å²) in [4.78, 5) is 28.5. The molecular weight excluding hydrogens is 557 g/mol. The Bertz CT molecular complexity index is 1420. The van der Waals surface area contributed by atoms with E-state index in [4.69, 9.17) is 23.2 Å². The molecule has 0 heterocycles. The predicted octanol–water partition coefficient (Wildman–Crippen LogP) is 5.83. The van der Waals surface area contributed by atoms with Crippen LogP contribution >= 0.6 is 23.2 Å². The SMILES string of the molecule is CC[C@H](C)NC(=O)[C@@H](C)N(Cc1ccc(Cl)cc1Cl)C(=O)CN(c1cccc(C)c1)S(=O)(=O)c1ccccc1. The second-order valence-corrected chi connectivity index (χ2v) is 12.1. The summed E-state index contributed by atoms with van der Waals surface area (Å²) in [6, 6.07) is 18.7. The van der Waals surface area contributed by atoms with Gasteiger partial charge in [0.15, 0.2) is 0 Å². The largest absolute Gasteiger partial charge is 0.352 e. The van der Waals surface area contributed by atoms with Gasteiger partial charge in [-0.15, -0.1) is 0 Å². The van der Waals surface area contributed by atoms with Crippen molar-refractivity contribution < 1.29 is 18.0 Å². The maximum Gasteiger partial charge on any atom is 0.264 e. The van der Waals surface area contributed by atoms with Gasteiger partial charge in [-0.05, 0) is 74.7 Å². The van der Waals surface area contributed by atoms with Crippen molar-refractivity contribution in [3.8, 4) is 0 Å². The standard InChI is InChI=1S/C29H33Cl2N3O4S/c1-5-21(3)32-29(36)22(4)33(18-23-14-15-24(30)17-27(23)31)28(35)19-34(25-11-9-10-20(2)16-25)39(37,38)26-12-7-6-8-13-26/h6-17,21-22H,5,18-19H2,1-4H3,(H,32,36)/t21-,22+/m0/s1. The summed E-state index contributed by atoms with van der Waals surface area (Å²) in [5, 5.41) is 3.67. The third-order valence-corrected chi connectivity index (χ3v) is 8.80. The molecule has 0 saturated heterocycles. The quantitative estimate of drug-likeness (QED) is 0.305. The number of sulfonamides is 1. The average Bonchev–Trinajstić information content (AvgIpc) is 2.91. The van der Waals surface area contributed by atoms with Crippen molar-refractivity contribution in [1.82, 2.24) is 10.2 Å². The highest BCUT2D eigenvalue weighted by molar-refractivity contribution is 7.92. The number of nitrogens with zero attached hydrogens (tertiary/aromatic N) is 2. The lowest BCUT2D eigenvalue weighted by atomic mass is 10.1. The summed E-state index contributed by atoms with van der Waals surface area (Å²) in [6.45, 7) is 6.74. The number of aryl methyl sites for hydroxylation is 1. The third kappa shape index (κ3) is 7.75. The molecule has 0 aliphatic carbocycles. The summed E-state index contributed by atoms with van der Waals surface area (Å²) in [6.07, 6.45) is 0.714. The highest BCUT2D eigenvalue weighted by atomic mass is 35.5. The number of hydrogen-bond acceptors (Lipinski definition) is 4. The molecule has 0 unspecified atom stereocenters. The van der Waals surface area contributed by atoms with Gasteiger partial charge in [0, 0.05) is 22.6 Å². The van der Waals surface area contributed by atoms with Crippen LogP contribution in [0.1, 0.15) is 38.3 Å². The molecule has 2 atom stereocenters. The van der Waals surface area contributed by atoms with E-state index in [1.54, 1.807) is 61.5 Å². The van der Waals surface area contributed by atoms with E-state index < -0.39 is 28.5 Å². The molecule has 0 aliphatic rings. The second kappa shape index (κ2) is 13.3. The number of benzene rings is 3. The molecule has 0 bridgehead atoms. The molecule has 208 valence electrons. The Hall–Kier alpha value is -3.07. The topological polar surface area (TPSA) is 86.8 Å². The molecule has 0 radical (unpaired) electrons. The Morgan fingerprint density at radius 1 is 0.949 bits per heavy atom. The maximum atomic E-state index is 13.9. The zero-order valence-electron chi connectivity index (χ0n) is 22.4. The minimum atomic E-state index is -4.11. The van der Waals surface area contributed by atoms with Gasteiger partial charge < -0.3 is 10.2 Å². The molecule has 3 rings (SSSR count). The van der Waals surface area contributed by atoms with Gasteiger partial charge in [-0.3, -0.25) is 13.9 Å². The van der Waals surface area contributed by atoms with E-state index in [9.17, 15) is 18.0 Å². The molecule has 39 heavy (non-hydrogen) atoms. The van der Waals surface area contributed by atoms with Gasteiger partial charge in [-0.2, -0.15) is 0 Å². The van der Waals surface area contributed by atoms with E-state index in [0.717, 1.165) is 9.87 Å². The van der Waals surface area contributed by atoms with Crippen LogP contribution in [0.25, 0.3) is 0 Å². The number of halogens is 2. The summed E-state index contributed by atoms with van der Waals surface area (Å²) >= 11 is 12.5. The van der Waals surface area contributed by atoms with Crippen LogP contribution in [-0.4, -0.2) is 43.8 Å². The summed E-state index contributed by atoms with van der Waals surface area (Å²) in [5.74, 6) is -0.912. The second-order valence-electron chi connectivity index (χ2n) is 9.41. The first-order valence-electron chi connectivity index (χ1n) is 12.6. The Kier molecular flexibility index (Phi) is 10.4. The van der Waals surface area contributed by atoms with E-state index in [1.807, 2.05) is 26.8 Å². The van der Waals surface area contributed by atoms with E-state index in [1.165, 1.54) is 17.0 Å². The molecule has 10 heteroatoms. The molecule has 3 aromatic rings. The number of carbonyl (C=O) groups excluding carboxylic acids is 2. The molecule has 2 amide bonds. The molecule has 0 spiro atoms. The Labute approximate surface area is 240 Å². The van der Waals surface area contributed by atoms with Gasteiger partial charge in [0.25, 0.3) is 10.0 Å². The summed E-state index contributed by atoms with van der Waals surface area (Å²) in [5.41, 5.74) is 1.75. The van der Waals surface area contributed by atoms with Crippen LogP contribution in [0.15, 0.2) is 77.7 Å². The van der Waals surface area contributed by atoms with Crippen molar-refractivity contribution in [2.75, 3.05) is 10.8 Å². The molecule has 0 saturated carbocycles. The molecule has 1 N–H and O–H groups in total. The van der Waals surface area contributed by atoms with Crippen molar-refractivity contribution in [3.05, 3.63) is 94.0 Å². The van der Waals surface area contributed by atoms with E-state index in [-0.39, 0.29) is 23.4 Å². The summed E-state index contributed by atoms with van der Waals surface area (Å²) in [7, 11) is -4.11. The van der Waals surface area contributed by atoms with Crippen LogP contribution in [0.4, 0.5) is 5.69 Å². The van der Waals surface area contributed by atoms with Gasteiger partial charge in [0.05, 0.1) is 10.6 Å². The van der Waals surface area contributed by atoms with Crippen LogP contribution in [-0.2, 0) is 26.2 Å². The fourth-order valence-electron chi connectivity index (χ4n) is 3.91. The van der Waals surface area contributed by atoms with E-state index in [0.29, 0.717) is 27.7 Å². The molecule has 0 fully saturated rings. The fraction of sp³-hybridized carbons (Fsp3) is 0.310. The predicted molar refractivity (Wildman–Crippen MR) is 157 cm³/mol. The number of anilines is 1. The highest BCUT2D eigenvalue weighted by Gasteiger charge is 2.33. The van der Waals surface area contributed by atoms with Crippen molar-refractivity contribution in [2.45, 2.75) is 57.6 Å². The lowest BCUT2D eigenvalue weighted by molar-refractivity contribution is -0.139. The van der Waals surface area contributed by atoms with E-state index in [2.05, 4.69) is 5.32 Å². The zero-order chi connectivity index (χ0) is 28.7. The molecule has 0 aliphatic heterocycles. The Morgan fingerprint density at radius 2 is 1.64 bits per heavy atom. The lowest BCUT2D eigenvalue weighted by Crippen LogP contribution is -2.52. The van der Waals surface area contributed by atoms with Crippen LogP contribution in [0.5, 0.6) is 0 Å². The first-order valence-corrected chi connectivity index (χ1v) is 14.8. The molecular formula is C29H33Cl2N3O4S. The minimum absolute atomic E-state index is 0.0169. The highest BCUT2D eigenvalue weighted by Crippen LogP contribution is 2.27. The third-order valence-electron chi connectivity index (χ3n) is 6.42. The molecule has 0 aromatic heterocycles. The first kappa shape index (κ1) is 30.5. The van der Waals surface area contributed by atoms with Crippen LogP contribution in [0.2, 0.25) is 10.0 Å². The normalized spacial score (nSPS) is 12.9. The number of carbonyl (C=O) groups is 2. The number of hydrogen-bond donors (Lipinski definition) is 1. The zero-order valence-corrected chi connectivity index (χ0v) is 24.7. The van der Waals surface area contributed by atoms with E-state index >= 15 is 0 Å². The van der Waals surface area contributed by atoms with Gasteiger partial charge >= 0.3 is 0 Å². The van der Waals surface area contributed by atoms with Gasteiger partial charge in [0.1, 0.15) is 12.6 Å². The molecule has 7 nitrogen and oxygen atoms in total. The Morgan fingerprint density at radius 3 is 2.26 bits per heavy atom. The van der Waals surface area contributed by atoms with Gasteiger partial charge in [-0.25, -0.2) is 8.42 Å². The van der Waals surface area contributed by atoms with Gasteiger partial charge in [-0.1, -0.05) is 66.5 Å². The Balaban J connectivity index is 2.04. The first-order chi connectivity index (χ1) is 18.4. The monoisotopic (exact) mass is 589 g/mol. The van der Waals surface area contributed by atoms with Crippen LogP contribution < -0.4 is 9.62 Å². The number of rotatable bonds is 11. The minimum Gasteiger partial charge on any atom is -0.352 e. The van der Waals surface area contributed by atoms with Crippen molar-refractivity contribution in [3.63, 3.8) is 0 Å². The van der Waals surface area contributed by atoms with Crippen molar-refractivity contribution >= 4 is 50.7 Å². The number of nitrogens with one attached hydrogen (secondary N) is 1. The fourth-order valence-corrected chi connectivity index (χ4v) is 5.81. The summed E-state index contributed by atoms with van der Waals surface area (Å²) < 4.78 is 28.6. The van der Waals surface area contributed by atoms with Gasteiger partial charge in [0.2, 0.25) is 11.8 Å². The number of amides is 2. The van der Waals surface area contributed by atoms with Crippen LogP contribution in [0.3, 0.4) is 0 Å². The molecule has 3 aromatic carbocycles. The van der Waals surface area contributed by atoms with Crippen LogP contribution in [0, 0.1) is 6.92 Å². The van der Waals surface area contributed by atoms with Crippen molar-refractivity contribution in [1.29, 1.82) is 0 Å². The maximum absolute atomic E-state index is 13.9. The van der Waals surface area contributed by atoms with Crippen molar-refractivity contribution in [2.24, 2.45) is 0 Å². The smallest absolute Gasteiger partial charge is 0.264 e. The average molecular weight is 591 g/mol.